The number of imidazole rings is 1. The molecule has 0 unspecified atom stereocenters. The van der Waals surface area contributed by atoms with Crippen molar-refractivity contribution in [1.82, 2.24) is 29.9 Å². The lowest BCUT2D eigenvalue weighted by molar-refractivity contribution is -0.141. The van der Waals surface area contributed by atoms with E-state index in [0.29, 0.717) is 5.56 Å². The zero-order chi connectivity index (χ0) is 21.5. The molecule has 13 heteroatoms. The molecule has 4 aromatic rings. The molecule has 0 amide bonds. The van der Waals surface area contributed by atoms with Crippen LogP contribution in [-0.4, -0.2) is 29.9 Å². The van der Waals surface area contributed by atoms with Crippen LogP contribution in [0.3, 0.4) is 0 Å². The van der Waals surface area contributed by atoms with Gasteiger partial charge in [-0.1, -0.05) is 23.2 Å². The fourth-order valence-electron chi connectivity index (χ4n) is 2.61. The average molecular weight is 451 g/mol. The van der Waals surface area contributed by atoms with Gasteiger partial charge >= 0.3 is 6.18 Å². The molecule has 0 aliphatic heterocycles. The van der Waals surface area contributed by atoms with Crippen LogP contribution in [-0.2, 0) is 6.18 Å². The maximum absolute atomic E-state index is 12.9. The fourth-order valence-corrected chi connectivity index (χ4v) is 3.27. The SMILES string of the molecule is N#Cc1cc(Cl)c(-c2nc3ncnc(Nc4cc(C(F)(F)F)ncn4)c3[nH]2)c(Cl)c1. The van der Waals surface area contributed by atoms with Crippen LogP contribution in [0.5, 0.6) is 0 Å². The maximum atomic E-state index is 12.9. The molecular weight excluding hydrogens is 444 g/mol. The summed E-state index contributed by atoms with van der Waals surface area (Å²) in [5.41, 5.74) is 0.00548. The molecule has 0 fully saturated rings. The average Bonchev–Trinajstić information content (AvgIpc) is 3.11. The number of nitriles is 1. The highest BCUT2D eigenvalue weighted by Crippen LogP contribution is 2.36. The van der Waals surface area contributed by atoms with Gasteiger partial charge in [-0.3, -0.25) is 0 Å². The molecule has 0 radical (unpaired) electrons. The van der Waals surface area contributed by atoms with Crippen molar-refractivity contribution in [3.8, 4) is 17.5 Å². The summed E-state index contributed by atoms with van der Waals surface area (Å²) in [6.07, 6.45) is -2.65. The van der Waals surface area contributed by atoms with E-state index < -0.39 is 11.9 Å². The molecule has 0 aliphatic rings. The third-order valence-corrected chi connectivity index (χ3v) is 4.50. The van der Waals surface area contributed by atoms with Crippen molar-refractivity contribution in [2.75, 3.05) is 5.32 Å². The molecule has 150 valence electrons. The molecule has 1 aromatic carbocycles. The van der Waals surface area contributed by atoms with E-state index in [4.69, 9.17) is 28.5 Å². The Morgan fingerprint density at radius 1 is 1.00 bits per heavy atom. The number of nitrogens with one attached hydrogen (secondary N) is 2. The number of aromatic amines is 1. The number of halogens is 5. The van der Waals surface area contributed by atoms with Crippen LogP contribution in [0, 0.1) is 11.3 Å². The first kappa shape index (κ1) is 19.8. The van der Waals surface area contributed by atoms with Gasteiger partial charge in [0.2, 0.25) is 0 Å². The lowest BCUT2D eigenvalue weighted by atomic mass is 10.1. The van der Waals surface area contributed by atoms with Gasteiger partial charge < -0.3 is 10.3 Å². The van der Waals surface area contributed by atoms with Crippen LogP contribution in [0.15, 0.2) is 30.9 Å². The Kier molecular flexibility index (Phi) is 4.89. The Morgan fingerprint density at radius 3 is 2.37 bits per heavy atom. The quantitative estimate of drug-likeness (QED) is 0.462. The molecule has 0 atom stereocenters. The number of H-pyrrole nitrogens is 1. The molecule has 0 saturated heterocycles. The van der Waals surface area contributed by atoms with E-state index in [-0.39, 0.29) is 44.2 Å². The molecule has 4 rings (SSSR count). The lowest BCUT2D eigenvalue weighted by Gasteiger charge is -2.08. The van der Waals surface area contributed by atoms with E-state index in [9.17, 15) is 13.2 Å². The number of fused-ring (bicyclic) bond motifs is 1. The van der Waals surface area contributed by atoms with Crippen molar-refractivity contribution in [1.29, 1.82) is 5.26 Å². The first-order chi connectivity index (χ1) is 14.3. The van der Waals surface area contributed by atoms with Crippen molar-refractivity contribution in [2.24, 2.45) is 0 Å². The summed E-state index contributed by atoms with van der Waals surface area (Å²) >= 11 is 12.5. The Hall–Kier alpha value is -3.49. The van der Waals surface area contributed by atoms with E-state index in [1.165, 1.54) is 18.5 Å². The monoisotopic (exact) mass is 450 g/mol. The summed E-state index contributed by atoms with van der Waals surface area (Å²) in [6.45, 7) is 0. The maximum Gasteiger partial charge on any atom is 0.433 e. The molecule has 8 nitrogen and oxygen atoms in total. The van der Waals surface area contributed by atoms with Crippen LogP contribution >= 0.6 is 23.2 Å². The van der Waals surface area contributed by atoms with Crippen LogP contribution in [0.2, 0.25) is 10.0 Å². The minimum atomic E-state index is -4.62. The van der Waals surface area contributed by atoms with Gasteiger partial charge in [-0.2, -0.15) is 18.4 Å². The highest BCUT2D eigenvalue weighted by Gasteiger charge is 2.33. The van der Waals surface area contributed by atoms with Gasteiger partial charge in [0, 0.05) is 6.07 Å². The van der Waals surface area contributed by atoms with E-state index in [0.717, 1.165) is 12.4 Å². The molecule has 0 bridgehead atoms. The number of rotatable bonds is 3. The van der Waals surface area contributed by atoms with Gasteiger partial charge in [0.05, 0.1) is 27.2 Å². The summed E-state index contributed by atoms with van der Waals surface area (Å²) in [7, 11) is 0. The summed E-state index contributed by atoms with van der Waals surface area (Å²) in [4.78, 5) is 22.3. The lowest BCUT2D eigenvalue weighted by Crippen LogP contribution is -2.09. The van der Waals surface area contributed by atoms with E-state index in [1.54, 1.807) is 0 Å². The second-order valence-electron chi connectivity index (χ2n) is 5.84. The zero-order valence-corrected chi connectivity index (χ0v) is 16.0. The van der Waals surface area contributed by atoms with E-state index in [1.807, 2.05) is 6.07 Å². The normalized spacial score (nSPS) is 11.5. The summed E-state index contributed by atoms with van der Waals surface area (Å²) < 4.78 is 38.6. The molecular formula is C17H7Cl2F3N8. The van der Waals surface area contributed by atoms with E-state index in [2.05, 4.69) is 35.2 Å². The van der Waals surface area contributed by atoms with Gasteiger partial charge in [-0.05, 0) is 12.1 Å². The number of alkyl halides is 3. The van der Waals surface area contributed by atoms with Crippen molar-refractivity contribution < 1.29 is 13.2 Å². The number of benzene rings is 1. The van der Waals surface area contributed by atoms with Crippen molar-refractivity contribution in [3.63, 3.8) is 0 Å². The predicted octanol–water partition coefficient (Wildman–Crippen LogP) is 4.75. The van der Waals surface area contributed by atoms with Crippen LogP contribution < -0.4 is 5.32 Å². The van der Waals surface area contributed by atoms with Gasteiger partial charge in [0.15, 0.2) is 11.5 Å². The Morgan fingerprint density at radius 2 is 1.70 bits per heavy atom. The highest BCUT2D eigenvalue weighted by molar-refractivity contribution is 6.39. The number of nitrogens with zero attached hydrogens (tertiary/aromatic N) is 6. The second kappa shape index (κ2) is 7.40. The van der Waals surface area contributed by atoms with E-state index >= 15 is 0 Å². The molecule has 2 N–H and O–H groups in total. The Labute approximate surface area is 175 Å². The number of hydrogen-bond acceptors (Lipinski definition) is 7. The highest BCUT2D eigenvalue weighted by atomic mass is 35.5. The Balaban J connectivity index is 1.77. The van der Waals surface area contributed by atoms with Crippen molar-refractivity contribution in [2.45, 2.75) is 6.18 Å². The molecule has 30 heavy (non-hydrogen) atoms. The van der Waals surface area contributed by atoms with Crippen LogP contribution in [0.1, 0.15) is 11.3 Å². The van der Waals surface area contributed by atoms with Gasteiger partial charge in [0.1, 0.15) is 35.5 Å². The standard InChI is InChI=1S/C17H7Cl2F3N8/c18-8-1-7(4-23)2-9(19)12(8)14-29-13-15(26-6-27-16(13)30-14)28-11-3-10(17(20,21)22)24-5-25-11/h1-3,5-6H,(H2,24,25,26,27,28,29,30). The summed E-state index contributed by atoms with van der Waals surface area (Å²) in [6, 6.07) is 5.55. The molecule has 0 aliphatic carbocycles. The smallest absolute Gasteiger partial charge is 0.333 e. The largest absolute Gasteiger partial charge is 0.433 e. The van der Waals surface area contributed by atoms with Crippen LogP contribution in [0.25, 0.3) is 22.6 Å². The van der Waals surface area contributed by atoms with Gasteiger partial charge in [0.25, 0.3) is 0 Å². The minimum Gasteiger partial charge on any atom is -0.333 e. The molecule has 0 saturated carbocycles. The van der Waals surface area contributed by atoms with Crippen LogP contribution in [0.4, 0.5) is 24.8 Å². The van der Waals surface area contributed by atoms with Crippen molar-refractivity contribution in [3.05, 3.63) is 52.2 Å². The third-order valence-electron chi connectivity index (χ3n) is 3.90. The van der Waals surface area contributed by atoms with Gasteiger partial charge in [-0.15, -0.1) is 0 Å². The summed E-state index contributed by atoms with van der Waals surface area (Å²) in [5, 5.41) is 12.1. The molecule has 0 spiro atoms. The summed E-state index contributed by atoms with van der Waals surface area (Å²) in [5.74, 6) is 0.251. The molecule has 3 heterocycles. The second-order valence-corrected chi connectivity index (χ2v) is 6.66. The number of aromatic nitrogens is 6. The third kappa shape index (κ3) is 3.70. The zero-order valence-electron chi connectivity index (χ0n) is 14.5. The molecule has 3 aromatic heterocycles. The first-order valence-corrected chi connectivity index (χ1v) is 8.78. The van der Waals surface area contributed by atoms with Gasteiger partial charge in [-0.25, -0.2) is 24.9 Å². The Bertz CT molecular complexity index is 1290. The fraction of sp³-hybridized carbons (Fsp3) is 0.0588. The topological polar surface area (TPSA) is 116 Å². The predicted molar refractivity (Wildman–Crippen MR) is 102 cm³/mol. The number of hydrogen-bond donors (Lipinski definition) is 2. The van der Waals surface area contributed by atoms with Crippen molar-refractivity contribution >= 4 is 46.0 Å². The minimum absolute atomic E-state index is 0.122. The first-order valence-electron chi connectivity index (χ1n) is 8.03. The number of anilines is 2.